The number of aryl methyl sites for hydroxylation is 2. The summed E-state index contributed by atoms with van der Waals surface area (Å²) in [6.07, 6.45) is 2.17. The molecule has 0 heterocycles. The molecular weight excluding hydrogens is 254 g/mol. The van der Waals surface area contributed by atoms with Gasteiger partial charge < -0.3 is 10.5 Å². The predicted octanol–water partition coefficient (Wildman–Crippen LogP) is 2.94. The zero-order valence-corrected chi connectivity index (χ0v) is 10.7. The highest BCUT2D eigenvalue weighted by molar-refractivity contribution is 9.10. The van der Waals surface area contributed by atoms with Crippen molar-refractivity contribution in [3.8, 4) is 5.75 Å². The molecule has 1 aromatic carbocycles. The summed E-state index contributed by atoms with van der Waals surface area (Å²) in [4.78, 5) is 0. The van der Waals surface area contributed by atoms with Gasteiger partial charge >= 0.3 is 0 Å². The van der Waals surface area contributed by atoms with Gasteiger partial charge in [-0.2, -0.15) is 0 Å². The summed E-state index contributed by atoms with van der Waals surface area (Å²) in [6, 6.07) is 4.14. The number of ether oxygens (including phenoxy) is 1. The van der Waals surface area contributed by atoms with Gasteiger partial charge in [-0.15, -0.1) is 0 Å². The average molecular weight is 270 g/mol. The van der Waals surface area contributed by atoms with Crippen molar-refractivity contribution in [3.05, 3.63) is 27.7 Å². The van der Waals surface area contributed by atoms with E-state index >= 15 is 0 Å². The number of halogens is 1. The Hall–Kier alpha value is -0.540. The first kappa shape index (κ1) is 11.0. The molecule has 3 heteroatoms. The molecule has 0 bridgehead atoms. The lowest BCUT2D eigenvalue weighted by Gasteiger charge is -2.14. The largest absolute Gasteiger partial charge is 0.491 e. The van der Waals surface area contributed by atoms with Crippen molar-refractivity contribution < 1.29 is 4.74 Å². The van der Waals surface area contributed by atoms with E-state index in [-0.39, 0.29) is 5.54 Å². The second-order valence-electron chi connectivity index (χ2n) is 4.52. The van der Waals surface area contributed by atoms with Gasteiger partial charge in [0.25, 0.3) is 0 Å². The van der Waals surface area contributed by atoms with Crippen LogP contribution in [0.1, 0.15) is 24.0 Å². The van der Waals surface area contributed by atoms with E-state index in [9.17, 15) is 0 Å². The average Bonchev–Trinajstić information content (AvgIpc) is 2.89. The normalized spacial score (nSPS) is 17.6. The molecule has 15 heavy (non-hydrogen) atoms. The Balaban J connectivity index is 2.10. The zero-order valence-electron chi connectivity index (χ0n) is 9.14. The van der Waals surface area contributed by atoms with Crippen LogP contribution in [0.4, 0.5) is 0 Å². The van der Waals surface area contributed by atoms with E-state index < -0.39 is 0 Å². The van der Waals surface area contributed by atoms with Gasteiger partial charge in [-0.1, -0.05) is 15.9 Å². The minimum Gasteiger partial charge on any atom is -0.491 e. The van der Waals surface area contributed by atoms with Gasteiger partial charge in [0, 0.05) is 4.47 Å². The van der Waals surface area contributed by atoms with E-state index in [1.54, 1.807) is 0 Å². The first-order valence-corrected chi connectivity index (χ1v) is 5.98. The van der Waals surface area contributed by atoms with E-state index in [0.717, 1.165) is 28.6 Å². The van der Waals surface area contributed by atoms with E-state index in [1.165, 1.54) is 5.56 Å². The van der Waals surface area contributed by atoms with E-state index in [1.807, 2.05) is 0 Å². The van der Waals surface area contributed by atoms with Crippen molar-refractivity contribution in [3.63, 3.8) is 0 Å². The molecule has 2 nitrogen and oxygen atoms in total. The Labute approximate surface area is 98.9 Å². The molecule has 0 unspecified atom stereocenters. The zero-order chi connectivity index (χ0) is 11.1. The molecule has 0 atom stereocenters. The minimum absolute atomic E-state index is 0.0482. The molecule has 0 aliphatic heterocycles. The summed E-state index contributed by atoms with van der Waals surface area (Å²) < 4.78 is 6.88. The standard InChI is InChI=1S/C12H16BrNO/c1-8-6-11(9(2)5-10(8)13)15-7-12(14)3-4-12/h5-6H,3-4,7,14H2,1-2H3. The molecule has 1 saturated carbocycles. The molecule has 2 rings (SSSR count). The molecule has 0 amide bonds. The fourth-order valence-electron chi connectivity index (χ4n) is 1.44. The number of benzene rings is 1. The van der Waals surface area contributed by atoms with Crippen molar-refractivity contribution >= 4 is 15.9 Å². The van der Waals surface area contributed by atoms with Crippen LogP contribution in [-0.2, 0) is 0 Å². The Morgan fingerprint density at radius 1 is 1.33 bits per heavy atom. The van der Waals surface area contributed by atoms with Gasteiger partial charge in [0.15, 0.2) is 0 Å². The topological polar surface area (TPSA) is 35.2 Å². The van der Waals surface area contributed by atoms with Gasteiger partial charge in [0.05, 0.1) is 5.54 Å². The third kappa shape index (κ3) is 2.52. The summed E-state index contributed by atoms with van der Waals surface area (Å²) >= 11 is 3.50. The highest BCUT2D eigenvalue weighted by atomic mass is 79.9. The Morgan fingerprint density at radius 3 is 2.60 bits per heavy atom. The third-order valence-electron chi connectivity index (χ3n) is 2.86. The lowest BCUT2D eigenvalue weighted by atomic mass is 10.1. The van der Waals surface area contributed by atoms with Crippen molar-refractivity contribution in [2.75, 3.05) is 6.61 Å². The van der Waals surface area contributed by atoms with E-state index in [4.69, 9.17) is 10.5 Å². The summed E-state index contributed by atoms with van der Waals surface area (Å²) in [5.74, 6) is 0.951. The van der Waals surface area contributed by atoms with Crippen LogP contribution in [0.5, 0.6) is 5.75 Å². The van der Waals surface area contributed by atoms with Gasteiger partial charge in [-0.05, 0) is 49.9 Å². The lowest BCUT2D eigenvalue weighted by molar-refractivity contribution is 0.277. The molecule has 1 aromatic rings. The second kappa shape index (κ2) is 3.80. The second-order valence-corrected chi connectivity index (χ2v) is 5.37. The maximum absolute atomic E-state index is 5.98. The van der Waals surface area contributed by atoms with Crippen molar-refractivity contribution in [1.82, 2.24) is 0 Å². The third-order valence-corrected chi connectivity index (χ3v) is 3.72. The highest BCUT2D eigenvalue weighted by Gasteiger charge is 2.39. The molecule has 82 valence electrons. The number of nitrogens with two attached hydrogens (primary N) is 1. The number of hydrogen-bond acceptors (Lipinski definition) is 2. The van der Waals surface area contributed by atoms with E-state index in [0.29, 0.717) is 6.61 Å². The van der Waals surface area contributed by atoms with E-state index in [2.05, 4.69) is 41.9 Å². The van der Waals surface area contributed by atoms with Crippen molar-refractivity contribution in [1.29, 1.82) is 0 Å². The predicted molar refractivity (Wildman–Crippen MR) is 65.3 cm³/mol. The smallest absolute Gasteiger partial charge is 0.122 e. The van der Waals surface area contributed by atoms with Crippen LogP contribution in [0.2, 0.25) is 0 Å². The fourth-order valence-corrected chi connectivity index (χ4v) is 1.89. The molecule has 2 N–H and O–H groups in total. The van der Waals surface area contributed by atoms with Crippen LogP contribution in [0.15, 0.2) is 16.6 Å². The Kier molecular flexibility index (Phi) is 2.77. The molecule has 1 aliphatic carbocycles. The number of hydrogen-bond donors (Lipinski definition) is 1. The van der Waals surface area contributed by atoms with Crippen LogP contribution in [0.3, 0.4) is 0 Å². The first-order chi connectivity index (χ1) is 7.00. The molecule has 1 fully saturated rings. The molecule has 1 aliphatic rings. The molecule has 0 radical (unpaired) electrons. The molecule has 0 saturated heterocycles. The van der Waals surface area contributed by atoms with Crippen LogP contribution >= 0.6 is 15.9 Å². The summed E-state index contributed by atoms with van der Waals surface area (Å²) in [5, 5.41) is 0. The van der Waals surface area contributed by atoms with Crippen LogP contribution in [0, 0.1) is 13.8 Å². The van der Waals surface area contributed by atoms with Gasteiger partial charge in [0.2, 0.25) is 0 Å². The molecule has 0 spiro atoms. The monoisotopic (exact) mass is 269 g/mol. The summed E-state index contributed by atoms with van der Waals surface area (Å²) in [7, 11) is 0. The van der Waals surface area contributed by atoms with Gasteiger partial charge in [-0.3, -0.25) is 0 Å². The first-order valence-electron chi connectivity index (χ1n) is 5.19. The van der Waals surface area contributed by atoms with Gasteiger partial charge in [-0.25, -0.2) is 0 Å². The highest BCUT2D eigenvalue weighted by Crippen LogP contribution is 2.34. The quantitative estimate of drug-likeness (QED) is 0.916. The van der Waals surface area contributed by atoms with Crippen LogP contribution < -0.4 is 10.5 Å². The number of rotatable bonds is 3. The lowest BCUT2D eigenvalue weighted by Crippen LogP contribution is -2.29. The van der Waals surface area contributed by atoms with Crippen molar-refractivity contribution in [2.45, 2.75) is 32.2 Å². The van der Waals surface area contributed by atoms with Gasteiger partial charge in [0.1, 0.15) is 12.4 Å². The Morgan fingerprint density at radius 2 is 2.00 bits per heavy atom. The molecular formula is C12H16BrNO. The molecule has 0 aromatic heterocycles. The Bertz CT molecular complexity index is 385. The maximum atomic E-state index is 5.98. The SMILES string of the molecule is Cc1cc(OCC2(N)CC2)c(C)cc1Br. The summed E-state index contributed by atoms with van der Waals surface area (Å²) in [5.41, 5.74) is 8.27. The summed E-state index contributed by atoms with van der Waals surface area (Å²) in [6.45, 7) is 4.75. The maximum Gasteiger partial charge on any atom is 0.122 e. The van der Waals surface area contributed by atoms with Crippen LogP contribution in [0.25, 0.3) is 0 Å². The minimum atomic E-state index is -0.0482. The van der Waals surface area contributed by atoms with Crippen LogP contribution in [-0.4, -0.2) is 12.1 Å². The van der Waals surface area contributed by atoms with Crippen molar-refractivity contribution in [2.24, 2.45) is 5.73 Å². The fraction of sp³-hybridized carbons (Fsp3) is 0.500.